The lowest BCUT2D eigenvalue weighted by molar-refractivity contribution is -0.138. The molecular weight excluding hydrogens is 221 g/mol. The Hall–Kier alpha value is -1.40. The van der Waals surface area contributed by atoms with E-state index >= 15 is 0 Å². The minimum atomic E-state index is -4.63. The van der Waals surface area contributed by atoms with Gasteiger partial charge in [0, 0.05) is 5.69 Å². The van der Waals surface area contributed by atoms with Gasteiger partial charge >= 0.3 is 12.8 Å². The van der Waals surface area contributed by atoms with Gasteiger partial charge in [0.2, 0.25) is 0 Å². The molecule has 0 saturated carbocycles. The van der Waals surface area contributed by atoms with E-state index < -0.39 is 24.1 Å². The van der Waals surface area contributed by atoms with Crippen molar-refractivity contribution in [2.75, 3.05) is 0 Å². The van der Waals surface area contributed by atoms with Gasteiger partial charge < -0.3 is 4.74 Å². The Morgan fingerprint density at radius 2 is 1.93 bits per heavy atom. The van der Waals surface area contributed by atoms with Crippen molar-refractivity contribution in [2.45, 2.75) is 19.7 Å². The normalized spacial score (nSPS) is 11.9. The number of nitrogens with zero attached hydrogens (tertiary/aromatic N) is 1. The third-order valence-corrected chi connectivity index (χ3v) is 1.59. The van der Waals surface area contributed by atoms with E-state index in [1.807, 2.05) is 0 Å². The molecule has 0 aliphatic rings. The Bertz CT molecular complexity index is 349. The Morgan fingerprint density at radius 3 is 2.40 bits per heavy atom. The SMILES string of the molecule is Cc1ncc(OC(F)F)cc1C(F)(F)F. The average Bonchev–Trinajstić information content (AvgIpc) is 2.05. The molecule has 1 aromatic rings. The maximum absolute atomic E-state index is 12.3. The lowest BCUT2D eigenvalue weighted by Crippen LogP contribution is -2.10. The lowest BCUT2D eigenvalue weighted by atomic mass is 10.2. The summed E-state index contributed by atoms with van der Waals surface area (Å²) in [7, 11) is 0. The molecule has 0 bridgehead atoms. The highest BCUT2D eigenvalue weighted by Gasteiger charge is 2.33. The summed E-state index contributed by atoms with van der Waals surface area (Å²) in [5.74, 6) is -0.608. The van der Waals surface area contributed by atoms with Crippen LogP contribution >= 0.6 is 0 Å². The average molecular weight is 227 g/mol. The van der Waals surface area contributed by atoms with E-state index in [4.69, 9.17) is 0 Å². The molecule has 1 rings (SSSR count). The highest BCUT2D eigenvalue weighted by atomic mass is 19.4. The molecule has 0 aromatic carbocycles. The fourth-order valence-electron chi connectivity index (χ4n) is 0.968. The number of pyridine rings is 1. The van der Waals surface area contributed by atoms with Gasteiger partial charge in [-0.1, -0.05) is 0 Å². The van der Waals surface area contributed by atoms with Crippen LogP contribution in [-0.4, -0.2) is 11.6 Å². The summed E-state index contributed by atoms with van der Waals surface area (Å²) in [5, 5.41) is 0. The number of ether oxygens (including phenoxy) is 1. The minimum Gasteiger partial charge on any atom is -0.433 e. The Labute approximate surface area is 81.7 Å². The lowest BCUT2D eigenvalue weighted by Gasteiger charge is -2.11. The van der Waals surface area contributed by atoms with Gasteiger partial charge in [0.15, 0.2) is 0 Å². The van der Waals surface area contributed by atoms with Crippen LogP contribution in [0.15, 0.2) is 12.3 Å². The molecule has 0 amide bonds. The Balaban J connectivity index is 3.06. The molecule has 1 heterocycles. The van der Waals surface area contributed by atoms with E-state index in [2.05, 4.69) is 9.72 Å². The van der Waals surface area contributed by atoms with Crippen molar-refractivity contribution in [3.63, 3.8) is 0 Å². The largest absolute Gasteiger partial charge is 0.433 e. The number of alkyl halides is 5. The van der Waals surface area contributed by atoms with Gasteiger partial charge in [-0.05, 0) is 13.0 Å². The third kappa shape index (κ3) is 3.03. The van der Waals surface area contributed by atoms with Crippen LogP contribution in [0.1, 0.15) is 11.3 Å². The van der Waals surface area contributed by atoms with Gasteiger partial charge in [0.25, 0.3) is 0 Å². The number of aromatic nitrogens is 1. The fourth-order valence-corrected chi connectivity index (χ4v) is 0.968. The highest BCUT2D eigenvalue weighted by Crippen LogP contribution is 2.33. The van der Waals surface area contributed by atoms with E-state index in [1.54, 1.807) is 0 Å². The van der Waals surface area contributed by atoms with Gasteiger partial charge in [-0.2, -0.15) is 22.0 Å². The second kappa shape index (κ2) is 4.00. The number of rotatable bonds is 2. The minimum absolute atomic E-state index is 0.288. The van der Waals surface area contributed by atoms with E-state index in [9.17, 15) is 22.0 Å². The second-order valence-corrected chi connectivity index (χ2v) is 2.68. The molecule has 0 radical (unpaired) electrons. The zero-order valence-corrected chi connectivity index (χ0v) is 7.48. The van der Waals surface area contributed by atoms with Gasteiger partial charge in [-0.15, -0.1) is 0 Å². The number of aryl methyl sites for hydroxylation is 1. The van der Waals surface area contributed by atoms with Crippen LogP contribution in [0.4, 0.5) is 22.0 Å². The van der Waals surface area contributed by atoms with E-state index in [-0.39, 0.29) is 5.69 Å². The fraction of sp³-hybridized carbons (Fsp3) is 0.375. The van der Waals surface area contributed by atoms with E-state index in [1.165, 1.54) is 0 Å². The first kappa shape index (κ1) is 11.7. The molecule has 15 heavy (non-hydrogen) atoms. The van der Waals surface area contributed by atoms with Crippen LogP contribution in [-0.2, 0) is 6.18 Å². The van der Waals surface area contributed by atoms with Crippen LogP contribution in [0.25, 0.3) is 0 Å². The Kier molecular flexibility index (Phi) is 3.11. The van der Waals surface area contributed by atoms with Crippen molar-refractivity contribution in [2.24, 2.45) is 0 Å². The van der Waals surface area contributed by atoms with Crippen LogP contribution in [0.3, 0.4) is 0 Å². The van der Waals surface area contributed by atoms with Crippen LogP contribution in [0.5, 0.6) is 5.75 Å². The molecule has 0 spiro atoms. The molecule has 0 fully saturated rings. The summed E-state index contributed by atoms with van der Waals surface area (Å²) in [6, 6.07) is 0.495. The molecule has 7 heteroatoms. The van der Waals surface area contributed by atoms with Gasteiger partial charge in [-0.3, -0.25) is 4.98 Å². The predicted octanol–water partition coefficient (Wildman–Crippen LogP) is 3.01. The third-order valence-electron chi connectivity index (χ3n) is 1.59. The highest BCUT2D eigenvalue weighted by molar-refractivity contribution is 5.30. The van der Waals surface area contributed by atoms with Gasteiger partial charge in [-0.25, -0.2) is 0 Å². The van der Waals surface area contributed by atoms with Crippen molar-refractivity contribution in [3.05, 3.63) is 23.5 Å². The first-order valence-corrected chi connectivity index (χ1v) is 3.79. The smallest absolute Gasteiger partial charge is 0.418 e. The summed E-state index contributed by atoms with van der Waals surface area (Å²) >= 11 is 0. The summed E-state index contributed by atoms with van der Waals surface area (Å²) < 4.78 is 64.1. The molecule has 0 aliphatic carbocycles. The molecular formula is C8H6F5NO. The zero-order chi connectivity index (χ0) is 11.6. The first-order chi connectivity index (χ1) is 6.80. The monoisotopic (exact) mass is 227 g/mol. The maximum Gasteiger partial charge on any atom is 0.418 e. The molecule has 84 valence electrons. The van der Waals surface area contributed by atoms with E-state index in [0.29, 0.717) is 6.07 Å². The summed E-state index contributed by atoms with van der Waals surface area (Å²) in [6.45, 7) is -2.04. The molecule has 1 aromatic heterocycles. The molecule has 0 saturated heterocycles. The molecule has 0 aliphatic heterocycles. The number of halogens is 5. The van der Waals surface area contributed by atoms with Gasteiger partial charge in [0.1, 0.15) is 5.75 Å². The summed E-state index contributed by atoms with van der Waals surface area (Å²) in [4.78, 5) is 3.32. The van der Waals surface area contributed by atoms with E-state index in [0.717, 1.165) is 13.1 Å². The van der Waals surface area contributed by atoms with Gasteiger partial charge in [0.05, 0.1) is 11.8 Å². The van der Waals surface area contributed by atoms with Crippen LogP contribution < -0.4 is 4.74 Å². The molecule has 0 atom stereocenters. The Morgan fingerprint density at radius 1 is 1.33 bits per heavy atom. The van der Waals surface area contributed by atoms with Crippen LogP contribution in [0, 0.1) is 6.92 Å². The quantitative estimate of drug-likeness (QED) is 0.724. The number of hydrogen-bond donors (Lipinski definition) is 0. The summed E-state index contributed by atoms with van der Waals surface area (Å²) in [5.41, 5.74) is -1.37. The molecule has 0 unspecified atom stereocenters. The van der Waals surface area contributed by atoms with Crippen LogP contribution in [0.2, 0.25) is 0 Å². The van der Waals surface area contributed by atoms with Crippen molar-refractivity contribution in [1.82, 2.24) is 4.98 Å². The molecule has 2 nitrogen and oxygen atoms in total. The first-order valence-electron chi connectivity index (χ1n) is 3.79. The maximum atomic E-state index is 12.3. The van der Waals surface area contributed by atoms with Crippen molar-refractivity contribution < 1.29 is 26.7 Å². The van der Waals surface area contributed by atoms with Crippen molar-refractivity contribution in [3.8, 4) is 5.75 Å². The predicted molar refractivity (Wildman–Crippen MR) is 40.6 cm³/mol. The second-order valence-electron chi connectivity index (χ2n) is 2.68. The zero-order valence-electron chi connectivity index (χ0n) is 7.48. The standard InChI is InChI=1S/C8H6F5NO/c1-4-6(8(11,12)13)2-5(3-14-4)15-7(9)10/h2-3,7H,1H3. The molecule has 0 N–H and O–H groups in total. The number of hydrogen-bond acceptors (Lipinski definition) is 2. The topological polar surface area (TPSA) is 22.1 Å². The van der Waals surface area contributed by atoms with Crippen molar-refractivity contribution >= 4 is 0 Å². The summed E-state index contributed by atoms with van der Waals surface area (Å²) in [6.07, 6.45) is -3.81. The van der Waals surface area contributed by atoms with Crippen molar-refractivity contribution in [1.29, 1.82) is 0 Å².